The largest absolute Gasteiger partial charge is 0.508 e. The lowest BCUT2D eigenvalue weighted by atomic mass is 10.00. The number of carboxylic acids is 1. The molecule has 0 aromatic heterocycles. The minimum Gasteiger partial charge on any atom is -0.508 e. The molecule has 26 nitrogen and oxygen atoms in total. The number of phenols is 1. The van der Waals surface area contributed by atoms with E-state index < -0.39 is 120 Å². The number of nitrogens with two attached hydrogens (primary N) is 2. The van der Waals surface area contributed by atoms with Crippen molar-refractivity contribution in [1.29, 1.82) is 0 Å². The van der Waals surface area contributed by atoms with E-state index >= 15 is 0 Å². The van der Waals surface area contributed by atoms with Crippen LogP contribution in [0.25, 0.3) is 10.8 Å². The first-order chi connectivity index (χ1) is 42.9. The molecule has 1 saturated heterocycles. The molecule has 90 heavy (non-hydrogen) atoms. The molecule has 1 heterocycles. The quantitative estimate of drug-likeness (QED) is 0.0415. The Balaban J connectivity index is 0.00000419. The van der Waals surface area contributed by atoms with Crippen molar-refractivity contribution < 1.29 is 63.0 Å². The van der Waals surface area contributed by atoms with E-state index in [2.05, 4.69) is 58.5 Å². The van der Waals surface area contributed by atoms with E-state index in [9.17, 15) is 53.1 Å². The fourth-order valence-corrected chi connectivity index (χ4v) is 9.72. The predicted molar refractivity (Wildman–Crippen MR) is 339 cm³/mol. The van der Waals surface area contributed by atoms with Crippen LogP contribution in [0.5, 0.6) is 5.75 Å². The first-order valence-corrected chi connectivity index (χ1v) is 30.5. The van der Waals surface area contributed by atoms with Crippen LogP contribution in [0, 0.1) is 0 Å². The van der Waals surface area contributed by atoms with Gasteiger partial charge in [-0.3, -0.25) is 47.9 Å². The van der Waals surface area contributed by atoms with Gasteiger partial charge in [0.2, 0.25) is 53.2 Å². The fourth-order valence-electron chi connectivity index (χ4n) is 9.72. The van der Waals surface area contributed by atoms with Crippen molar-refractivity contribution in [3.63, 3.8) is 0 Å². The molecule has 3 unspecified atom stereocenters. The summed E-state index contributed by atoms with van der Waals surface area (Å²) in [5.74, 6) is -8.26. The second kappa shape index (κ2) is 39.0. The Morgan fingerprint density at radius 2 is 1.03 bits per heavy atom. The van der Waals surface area contributed by atoms with Gasteiger partial charge in [0, 0.05) is 51.2 Å². The van der Waals surface area contributed by atoms with Crippen LogP contribution in [-0.4, -0.2) is 156 Å². The van der Waals surface area contributed by atoms with Gasteiger partial charge in [-0.2, -0.15) is 0 Å². The van der Waals surface area contributed by atoms with Gasteiger partial charge in [-0.25, -0.2) is 4.79 Å². The van der Waals surface area contributed by atoms with Crippen LogP contribution in [0.3, 0.4) is 0 Å². The minimum absolute atomic E-state index is 0.00314. The lowest BCUT2D eigenvalue weighted by molar-refractivity contribution is -0.135. The highest BCUT2D eigenvalue weighted by Gasteiger charge is 2.34. The Kier molecular flexibility index (Phi) is 31.7. The van der Waals surface area contributed by atoms with E-state index in [0.717, 1.165) is 17.7 Å². The molecule has 1 aliphatic rings. The van der Waals surface area contributed by atoms with Gasteiger partial charge in [0.15, 0.2) is 0 Å². The molecule has 490 valence electrons. The molecule has 26 heteroatoms. The van der Waals surface area contributed by atoms with Gasteiger partial charge in [0.1, 0.15) is 48.0 Å². The van der Waals surface area contributed by atoms with E-state index in [1.165, 1.54) is 12.1 Å². The molecule has 7 atom stereocenters. The van der Waals surface area contributed by atoms with E-state index in [1.807, 2.05) is 64.1 Å². The number of nitrogens with one attached hydrogen (secondary N) is 11. The fraction of sp³-hybridized carbons (Fsp3) is 0.484. The van der Waals surface area contributed by atoms with Crippen LogP contribution < -0.4 is 70.0 Å². The molecular formula is C64H91N13O13. The molecular weight excluding hydrogens is 1160 g/mol. The number of urea groups is 1. The first kappa shape index (κ1) is 73.3. The van der Waals surface area contributed by atoms with E-state index in [0.29, 0.717) is 55.5 Å². The number of carboxylic acid groups (broad SMARTS) is 1. The molecule has 1 aliphatic heterocycles. The van der Waals surface area contributed by atoms with E-state index in [-0.39, 0.29) is 75.7 Å². The van der Waals surface area contributed by atoms with Crippen molar-refractivity contribution in [2.24, 2.45) is 11.5 Å². The number of fused-ring (bicyclic) bond motifs is 1. The Labute approximate surface area is 525 Å². The lowest BCUT2D eigenvalue weighted by Crippen LogP contribution is -2.60. The predicted octanol–water partition coefficient (Wildman–Crippen LogP) is 1.24. The summed E-state index contributed by atoms with van der Waals surface area (Å²) in [6, 6.07) is 17.7. The monoisotopic (exact) mass is 1250 g/mol. The summed E-state index contributed by atoms with van der Waals surface area (Å²) >= 11 is 0. The van der Waals surface area contributed by atoms with Gasteiger partial charge in [-0.15, -0.1) is 0 Å². The highest BCUT2D eigenvalue weighted by atomic mass is 16.4. The topological polar surface area (TPSA) is 413 Å². The molecule has 11 amide bonds. The highest BCUT2D eigenvalue weighted by Crippen LogP contribution is 2.18. The summed E-state index contributed by atoms with van der Waals surface area (Å²) in [5.41, 5.74) is 12.9. The molecule has 1 fully saturated rings. The van der Waals surface area contributed by atoms with Crippen LogP contribution in [0.15, 0.2) is 97.1 Å². The lowest BCUT2D eigenvalue weighted by Gasteiger charge is -2.27. The maximum Gasteiger partial charge on any atom is 0.312 e. The van der Waals surface area contributed by atoms with Crippen LogP contribution in [0.1, 0.15) is 116 Å². The number of aliphatic carboxylic acids is 1. The highest BCUT2D eigenvalue weighted by molar-refractivity contribution is 5.98. The van der Waals surface area contributed by atoms with Crippen molar-refractivity contribution in [2.75, 3.05) is 26.2 Å². The number of unbranched alkanes of at least 4 members (excludes halogenated alkanes) is 2. The maximum atomic E-state index is 14.9. The molecule has 4 aromatic carbocycles. The molecule has 0 saturated carbocycles. The average Bonchev–Trinajstić information content (AvgIpc) is 1.12. The van der Waals surface area contributed by atoms with Crippen LogP contribution in [0.2, 0.25) is 0 Å². The van der Waals surface area contributed by atoms with Crippen molar-refractivity contribution in [3.05, 3.63) is 114 Å². The molecule has 4 aromatic rings. The van der Waals surface area contributed by atoms with Crippen LogP contribution >= 0.6 is 0 Å². The molecule has 0 bridgehead atoms. The maximum absolute atomic E-state index is 14.9. The Hall–Kier alpha value is -9.17. The molecule has 0 radical (unpaired) electrons. The number of amides is 11. The summed E-state index contributed by atoms with van der Waals surface area (Å²) in [5, 5.41) is 50.1. The van der Waals surface area contributed by atoms with Crippen molar-refractivity contribution >= 4 is 75.9 Å². The van der Waals surface area contributed by atoms with Crippen LogP contribution in [0.4, 0.5) is 4.79 Å². The van der Waals surface area contributed by atoms with Gasteiger partial charge >= 0.3 is 6.03 Å². The van der Waals surface area contributed by atoms with Crippen LogP contribution in [-0.2, 0) is 67.2 Å². The summed E-state index contributed by atoms with van der Waals surface area (Å²) < 4.78 is 0. The zero-order chi connectivity index (χ0) is 66.1. The minimum atomic E-state index is -1.50. The Bertz CT molecular complexity index is 3020. The average molecular weight is 1250 g/mol. The van der Waals surface area contributed by atoms with Gasteiger partial charge < -0.3 is 80.2 Å². The van der Waals surface area contributed by atoms with E-state index in [1.54, 1.807) is 48.5 Å². The van der Waals surface area contributed by atoms with E-state index in [4.69, 9.17) is 21.4 Å². The van der Waals surface area contributed by atoms with Crippen molar-refractivity contribution in [3.8, 4) is 5.75 Å². The zero-order valence-corrected chi connectivity index (χ0v) is 52.0. The normalized spacial score (nSPS) is 19.5. The number of carbonyl (C=O) groups excluding carboxylic acids is 10. The molecule has 17 N–H and O–H groups in total. The van der Waals surface area contributed by atoms with Crippen molar-refractivity contribution in [2.45, 2.75) is 172 Å². The molecule has 5 rings (SSSR count). The number of hydrogen-bond donors (Lipinski definition) is 15. The standard InChI is InChI=1S/C62H87N13O11.C2H4O2/c1-38(2)65-30-12-10-19-46(55(63)79)71-59(83)49-28-29-53(77)70-51(34-40-15-6-5-7-16-40)60(84)75-52(35-41-23-26-45(76)27-24-41)61(85)73-47(20-11-13-31-66-39(3)4)57(81)72-48(21-14-32-67-62(64)86)58(82)74-50(56(80)68-37-54(78)69-49)36-42-22-25-43-17-8-9-18-44(43)33-42;1-2(3)4/h5-9,15-18,22-27,33,38-39,46-52,65-66,76H,10-14,19-21,28-32,34-37H2,1-4H3,(H2,63,79)(H,68,80)(H,69,78)(H,70,77)(H,71,83)(H,72,81)(H,73,85)(H,74,82)(H,75,84)(H3,64,67,86);1H3,(H,3,4)/t46-,47?,48?,49+,50?,51-,52-;/m0./s1. The first-order valence-electron chi connectivity index (χ1n) is 30.5. The van der Waals surface area contributed by atoms with Gasteiger partial charge in [-0.05, 0) is 110 Å². The number of benzene rings is 4. The summed E-state index contributed by atoms with van der Waals surface area (Å²) in [6.07, 6.45) is 1.17. The zero-order valence-electron chi connectivity index (χ0n) is 52.0. The molecule has 0 spiro atoms. The second-order valence-corrected chi connectivity index (χ2v) is 22.8. The Morgan fingerprint density at radius 1 is 0.544 bits per heavy atom. The number of carbonyl (C=O) groups is 11. The third-order valence-electron chi connectivity index (χ3n) is 14.4. The van der Waals surface area contributed by atoms with Gasteiger partial charge in [0.05, 0.1) is 6.54 Å². The smallest absolute Gasteiger partial charge is 0.312 e. The third kappa shape index (κ3) is 28.3. The summed E-state index contributed by atoms with van der Waals surface area (Å²) in [4.78, 5) is 149. The Morgan fingerprint density at radius 3 is 1.61 bits per heavy atom. The van der Waals surface area contributed by atoms with Crippen molar-refractivity contribution in [1.82, 2.24) is 58.5 Å². The third-order valence-corrected chi connectivity index (χ3v) is 14.4. The summed E-state index contributed by atoms with van der Waals surface area (Å²) in [7, 11) is 0. The number of rotatable bonds is 25. The van der Waals surface area contributed by atoms with Gasteiger partial charge in [0.25, 0.3) is 5.97 Å². The molecule has 0 aliphatic carbocycles. The second-order valence-electron chi connectivity index (χ2n) is 22.8. The van der Waals surface area contributed by atoms with Gasteiger partial charge in [-0.1, -0.05) is 113 Å². The number of hydrogen-bond acceptors (Lipinski definition) is 14. The summed E-state index contributed by atoms with van der Waals surface area (Å²) in [6.45, 7) is 9.52. The number of aromatic hydroxyl groups is 1. The number of phenolic OH excluding ortho intramolecular Hbond substituents is 1. The SMILES string of the molecule is CC(=O)O.CC(C)NCCCCC1NC(=O)[C@H](Cc2ccc(O)cc2)NC(=O)[C@H](Cc2ccccc2)NC(=O)CC[C@H](C(=O)N[C@@H](CCCCNC(C)C)C(N)=O)NC(=O)CNC(=O)C(Cc2ccc3ccccc3c2)NC(=O)C(CCCNC(N)=O)NC1=O. The number of primary amides is 2.